The highest BCUT2D eigenvalue weighted by Crippen LogP contribution is 2.07. The molecule has 1 aromatic rings. The van der Waals surface area contributed by atoms with Crippen LogP contribution in [-0.4, -0.2) is 23.3 Å². The molecule has 0 heterocycles. The van der Waals surface area contributed by atoms with Gasteiger partial charge < -0.3 is 4.90 Å². The maximum Gasteiger partial charge on any atom is 0.0230 e. The Hall–Kier alpha value is -0.340. The van der Waals surface area contributed by atoms with Gasteiger partial charge in [0.05, 0.1) is 0 Å². The fraction of sp³-hybridized carbons (Fsp3) is 0.500. The number of hydrogen-bond donors (Lipinski definition) is 0. The van der Waals surface area contributed by atoms with Crippen molar-refractivity contribution < 1.29 is 0 Å². The predicted octanol–water partition coefficient (Wildman–Crippen LogP) is 3.29. The average molecular weight is 256 g/mol. The summed E-state index contributed by atoms with van der Waals surface area (Å²) in [5.74, 6) is 0. The van der Waals surface area contributed by atoms with Crippen LogP contribution in [0.4, 0.5) is 0 Å². The van der Waals surface area contributed by atoms with Crippen molar-refractivity contribution in [2.75, 3.05) is 13.6 Å². The number of nitrogens with zero attached hydrogens (tertiary/aromatic N) is 1. The van der Waals surface area contributed by atoms with Gasteiger partial charge >= 0.3 is 0 Å². The lowest BCUT2D eigenvalue weighted by molar-refractivity contribution is 0.323. The number of hydrogen-bond acceptors (Lipinski definition) is 1. The molecule has 0 bridgehead atoms. The molecule has 0 N–H and O–H groups in total. The molecule has 0 aliphatic rings. The number of rotatable bonds is 5. The Morgan fingerprint density at radius 2 is 1.93 bits per heavy atom. The fourth-order valence-corrected chi connectivity index (χ4v) is 1.58. The molecule has 0 amide bonds. The molecule has 0 aliphatic heterocycles. The van der Waals surface area contributed by atoms with Crippen LogP contribution in [0.15, 0.2) is 30.3 Å². The summed E-state index contributed by atoms with van der Waals surface area (Å²) in [5, 5.41) is 0. The highest BCUT2D eigenvalue weighted by Gasteiger charge is 2.01. The summed E-state index contributed by atoms with van der Waals surface area (Å²) in [6, 6.07) is 10.6. The van der Waals surface area contributed by atoms with E-state index in [9.17, 15) is 0 Å². The van der Waals surface area contributed by atoms with Crippen molar-refractivity contribution >= 4 is 15.9 Å². The SMILES string of the molecule is CC(Br)CCN(C)Cc1ccccc1. The van der Waals surface area contributed by atoms with Crippen molar-refractivity contribution in [3.8, 4) is 0 Å². The van der Waals surface area contributed by atoms with Crippen LogP contribution in [0.3, 0.4) is 0 Å². The van der Waals surface area contributed by atoms with E-state index >= 15 is 0 Å². The maximum absolute atomic E-state index is 3.56. The van der Waals surface area contributed by atoms with Crippen LogP contribution in [0.1, 0.15) is 18.9 Å². The molecule has 0 fully saturated rings. The first kappa shape index (κ1) is 11.7. The summed E-state index contributed by atoms with van der Waals surface area (Å²) < 4.78 is 0. The van der Waals surface area contributed by atoms with Gasteiger partial charge in [-0.1, -0.05) is 53.2 Å². The van der Waals surface area contributed by atoms with Crippen molar-refractivity contribution in [2.24, 2.45) is 0 Å². The van der Waals surface area contributed by atoms with Crippen LogP contribution in [0.5, 0.6) is 0 Å². The number of benzene rings is 1. The lowest BCUT2D eigenvalue weighted by atomic mass is 10.2. The third-order valence-corrected chi connectivity index (χ3v) is 2.66. The third-order valence-electron chi connectivity index (χ3n) is 2.20. The van der Waals surface area contributed by atoms with Crippen LogP contribution in [0, 0.1) is 0 Å². The van der Waals surface area contributed by atoms with Crippen LogP contribution in [0.2, 0.25) is 0 Å². The standard InChI is InChI=1S/C12H18BrN/c1-11(13)8-9-14(2)10-12-6-4-3-5-7-12/h3-7,11H,8-10H2,1-2H3. The van der Waals surface area contributed by atoms with E-state index in [4.69, 9.17) is 0 Å². The van der Waals surface area contributed by atoms with Gasteiger partial charge in [-0.3, -0.25) is 0 Å². The van der Waals surface area contributed by atoms with E-state index in [1.54, 1.807) is 0 Å². The van der Waals surface area contributed by atoms with Crippen LogP contribution in [0.25, 0.3) is 0 Å². The average Bonchev–Trinajstić information content (AvgIpc) is 2.16. The second kappa shape index (κ2) is 6.20. The van der Waals surface area contributed by atoms with Crippen LogP contribution < -0.4 is 0 Å². The molecule has 0 spiro atoms. The van der Waals surface area contributed by atoms with Crippen LogP contribution >= 0.6 is 15.9 Å². The van der Waals surface area contributed by atoms with Gasteiger partial charge in [-0.15, -0.1) is 0 Å². The van der Waals surface area contributed by atoms with E-state index in [1.165, 1.54) is 12.0 Å². The van der Waals surface area contributed by atoms with Gasteiger partial charge in [-0.2, -0.15) is 0 Å². The molecule has 1 nitrogen and oxygen atoms in total. The molecular weight excluding hydrogens is 238 g/mol. The Morgan fingerprint density at radius 3 is 2.50 bits per heavy atom. The second-order valence-electron chi connectivity index (χ2n) is 3.79. The summed E-state index contributed by atoms with van der Waals surface area (Å²) >= 11 is 3.56. The Labute approximate surface area is 95.2 Å². The molecule has 1 rings (SSSR count). The zero-order valence-corrected chi connectivity index (χ0v) is 10.5. The minimum Gasteiger partial charge on any atom is -0.302 e. The molecule has 1 unspecified atom stereocenters. The molecule has 0 aromatic heterocycles. The first-order chi connectivity index (χ1) is 6.68. The minimum atomic E-state index is 0.612. The monoisotopic (exact) mass is 255 g/mol. The normalized spacial score (nSPS) is 13.1. The number of alkyl halides is 1. The lowest BCUT2D eigenvalue weighted by Gasteiger charge is -2.17. The van der Waals surface area contributed by atoms with Crippen molar-refractivity contribution in [3.05, 3.63) is 35.9 Å². The Kier molecular flexibility index (Phi) is 5.20. The Bertz CT molecular complexity index is 246. The first-order valence-corrected chi connectivity index (χ1v) is 5.96. The summed E-state index contributed by atoms with van der Waals surface area (Å²) in [6.07, 6.45) is 1.20. The second-order valence-corrected chi connectivity index (χ2v) is 5.36. The molecule has 0 saturated heterocycles. The van der Waals surface area contributed by atoms with Crippen LogP contribution in [-0.2, 0) is 6.54 Å². The quantitative estimate of drug-likeness (QED) is 0.731. The zero-order valence-electron chi connectivity index (χ0n) is 8.91. The highest BCUT2D eigenvalue weighted by molar-refractivity contribution is 9.09. The Balaban J connectivity index is 2.30. The molecule has 2 heteroatoms. The van der Waals surface area contributed by atoms with Gasteiger partial charge in [-0.25, -0.2) is 0 Å². The smallest absolute Gasteiger partial charge is 0.0230 e. The predicted molar refractivity (Wildman–Crippen MR) is 65.8 cm³/mol. The maximum atomic E-state index is 3.56. The lowest BCUT2D eigenvalue weighted by Crippen LogP contribution is -2.20. The molecule has 78 valence electrons. The van der Waals surface area contributed by atoms with Gasteiger partial charge in [0.1, 0.15) is 0 Å². The van der Waals surface area contributed by atoms with E-state index in [0.29, 0.717) is 4.83 Å². The van der Waals surface area contributed by atoms with Crippen molar-refractivity contribution in [3.63, 3.8) is 0 Å². The number of halogens is 1. The minimum absolute atomic E-state index is 0.612. The van der Waals surface area contributed by atoms with Gasteiger partial charge in [0.2, 0.25) is 0 Å². The third kappa shape index (κ3) is 4.77. The summed E-state index contributed by atoms with van der Waals surface area (Å²) in [4.78, 5) is 2.97. The van der Waals surface area contributed by atoms with Gasteiger partial charge in [-0.05, 0) is 25.6 Å². The molecule has 0 aliphatic carbocycles. The van der Waals surface area contributed by atoms with Gasteiger partial charge in [0, 0.05) is 11.4 Å². The molecule has 1 atom stereocenters. The summed E-state index contributed by atoms with van der Waals surface area (Å²) in [5.41, 5.74) is 1.39. The van der Waals surface area contributed by atoms with Crippen molar-refractivity contribution in [2.45, 2.75) is 24.7 Å². The van der Waals surface area contributed by atoms with E-state index in [0.717, 1.165) is 13.1 Å². The first-order valence-electron chi connectivity index (χ1n) is 5.05. The van der Waals surface area contributed by atoms with Crippen molar-refractivity contribution in [1.82, 2.24) is 4.90 Å². The largest absolute Gasteiger partial charge is 0.302 e. The summed E-state index contributed by atoms with van der Waals surface area (Å²) in [6.45, 7) is 4.37. The van der Waals surface area contributed by atoms with E-state index in [1.807, 2.05) is 0 Å². The van der Waals surface area contributed by atoms with E-state index in [-0.39, 0.29) is 0 Å². The molecule has 14 heavy (non-hydrogen) atoms. The molecule has 0 saturated carbocycles. The van der Waals surface area contributed by atoms with Crippen molar-refractivity contribution in [1.29, 1.82) is 0 Å². The zero-order chi connectivity index (χ0) is 10.4. The topological polar surface area (TPSA) is 3.24 Å². The van der Waals surface area contributed by atoms with E-state index in [2.05, 4.69) is 65.1 Å². The Morgan fingerprint density at radius 1 is 1.29 bits per heavy atom. The highest BCUT2D eigenvalue weighted by atomic mass is 79.9. The van der Waals surface area contributed by atoms with Gasteiger partial charge in [0.15, 0.2) is 0 Å². The molecule has 1 aromatic carbocycles. The van der Waals surface area contributed by atoms with E-state index < -0.39 is 0 Å². The molecule has 0 radical (unpaired) electrons. The molecular formula is C12H18BrN. The van der Waals surface area contributed by atoms with Gasteiger partial charge in [0.25, 0.3) is 0 Å². The summed E-state index contributed by atoms with van der Waals surface area (Å²) in [7, 11) is 2.17. The fourth-order valence-electron chi connectivity index (χ4n) is 1.37.